The summed E-state index contributed by atoms with van der Waals surface area (Å²) >= 11 is 2.33. The molecule has 0 radical (unpaired) electrons. The molecule has 10 nitrogen and oxygen atoms in total. The van der Waals surface area contributed by atoms with Gasteiger partial charge < -0.3 is 25.9 Å². The third-order valence-corrected chi connectivity index (χ3v) is 6.80. The van der Waals surface area contributed by atoms with E-state index in [2.05, 4.69) is 22.0 Å². The Balaban J connectivity index is 1.83. The monoisotopic (exact) mass is 425 g/mol. The van der Waals surface area contributed by atoms with E-state index in [0.717, 1.165) is 11.3 Å². The van der Waals surface area contributed by atoms with E-state index < -0.39 is 22.3 Å². The molecule has 0 saturated carbocycles. The largest absolute Gasteiger partial charge is 0.481 e. The van der Waals surface area contributed by atoms with E-state index in [4.69, 9.17) is 10.6 Å². The van der Waals surface area contributed by atoms with Gasteiger partial charge in [-0.1, -0.05) is 11.2 Å². The molecule has 150 valence electrons. The fourth-order valence-electron chi connectivity index (χ4n) is 2.88. The van der Waals surface area contributed by atoms with Crippen LogP contribution in [-0.4, -0.2) is 62.4 Å². The predicted molar refractivity (Wildman–Crippen MR) is 105 cm³/mol. The van der Waals surface area contributed by atoms with E-state index >= 15 is 0 Å². The number of nitrogen functional groups attached to an aromatic ring is 1. The van der Waals surface area contributed by atoms with Crippen LogP contribution in [0.1, 0.15) is 19.0 Å². The lowest BCUT2D eigenvalue weighted by Crippen LogP contribution is -2.75. The summed E-state index contributed by atoms with van der Waals surface area (Å²) in [5, 5.41) is 18.0. The fraction of sp³-hybridized carbons (Fsp3) is 0.438. The molecule has 0 bridgehead atoms. The Labute approximate surface area is 168 Å². The molecule has 28 heavy (non-hydrogen) atoms. The first-order valence-corrected chi connectivity index (χ1v) is 10.2. The lowest BCUT2D eigenvalue weighted by atomic mass is 9.87. The second-order valence-electron chi connectivity index (χ2n) is 6.28. The highest BCUT2D eigenvalue weighted by Gasteiger charge is 2.60. The normalized spacial score (nSPS) is 26.8. The van der Waals surface area contributed by atoms with Crippen molar-refractivity contribution >= 4 is 51.7 Å². The molecule has 0 aromatic carbocycles. The summed E-state index contributed by atoms with van der Waals surface area (Å²) in [5.41, 5.74) is 4.57. The SMILES string of the molecule is C=CC1(C(=O)O)CS[C@]2(NC(=O)C(=NOCC)c3csc(N)n3)CC(=O)N2C1. The molecule has 2 fully saturated rings. The van der Waals surface area contributed by atoms with Crippen LogP contribution in [0.2, 0.25) is 0 Å². The maximum Gasteiger partial charge on any atom is 0.316 e. The lowest BCUT2D eigenvalue weighted by Gasteiger charge is -2.57. The number of anilines is 1. The number of hydrogen-bond donors (Lipinski definition) is 3. The number of fused-ring (bicyclic) bond motifs is 1. The number of amides is 2. The number of carboxylic acid groups (broad SMARTS) is 1. The summed E-state index contributed by atoms with van der Waals surface area (Å²) < 4.78 is 0. The van der Waals surface area contributed by atoms with Crippen LogP contribution in [0.4, 0.5) is 5.13 Å². The van der Waals surface area contributed by atoms with Gasteiger partial charge in [-0.3, -0.25) is 14.4 Å². The number of carbonyl (C=O) groups is 3. The highest BCUT2D eigenvalue weighted by Crippen LogP contribution is 2.49. The summed E-state index contributed by atoms with van der Waals surface area (Å²) in [6.45, 7) is 5.50. The first-order chi connectivity index (χ1) is 13.3. The van der Waals surface area contributed by atoms with Crippen LogP contribution >= 0.6 is 23.1 Å². The van der Waals surface area contributed by atoms with Gasteiger partial charge in [0.1, 0.15) is 17.7 Å². The number of carbonyl (C=O) groups excluding carboxylic acids is 2. The minimum Gasteiger partial charge on any atom is -0.481 e. The van der Waals surface area contributed by atoms with E-state index in [-0.39, 0.29) is 47.8 Å². The molecule has 2 amide bonds. The average Bonchev–Trinajstić information content (AvgIpc) is 3.07. The van der Waals surface area contributed by atoms with Gasteiger partial charge in [0.25, 0.3) is 5.91 Å². The Bertz CT molecular complexity index is 871. The van der Waals surface area contributed by atoms with Crippen LogP contribution in [0, 0.1) is 5.41 Å². The summed E-state index contributed by atoms with van der Waals surface area (Å²) in [4.78, 5) is 46.1. The minimum atomic E-state index is -1.26. The number of aromatic nitrogens is 1. The zero-order valence-corrected chi connectivity index (χ0v) is 16.6. The molecule has 0 aliphatic carbocycles. The van der Waals surface area contributed by atoms with Crippen molar-refractivity contribution < 1.29 is 24.3 Å². The summed E-state index contributed by atoms with van der Waals surface area (Å²) in [6.07, 6.45) is 1.39. The quantitative estimate of drug-likeness (QED) is 0.247. The molecule has 2 aliphatic heterocycles. The highest BCUT2D eigenvalue weighted by molar-refractivity contribution is 8.00. The third kappa shape index (κ3) is 3.33. The molecule has 1 aromatic rings. The van der Waals surface area contributed by atoms with Crippen molar-refractivity contribution in [3.63, 3.8) is 0 Å². The van der Waals surface area contributed by atoms with E-state index in [1.165, 1.54) is 22.7 Å². The summed E-state index contributed by atoms with van der Waals surface area (Å²) in [6, 6.07) is 0. The zero-order valence-electron chi connectivity index (χ0n) is 15.0. The Kier molecular flexibility index (Phi) is 5.35. The van der Waals surface area contributed by atoms with Crippen molar-refractivity contribution in [2.24, 2.45) is 10.6 Å². The van der Waals surface area contributed by atoms with Gasteiger partial charge in [0, 0.05) is 17.7 Å². The number of β-lactam (4-membered cyclic amide) rings is 1. The molecule has 4 N–H and O–H groups in total. The van der Waals surface area contributed by atoms with Crippen LogP contribution in [0.3, 0.4) is 0 Å². The van der Waals surface area contributed by atoms with Crippen molar-refractivity contribution in [3.8, 4) is 0 Å². The number of thiazole rings is 1. The first kappa shape index (κ1) is 20.1. The van der Waals surface area contributed by atoms with Crippen molar-refractivity contribution in [1.82, 2.24) is 15.2 Å². The van der Waals surface area contributed by atoms with Gasteiger partial charge in [0.15, 0.2) is 15.8 Å². The Hall–Kier alpha value is -2.60. The number of aliphatic carboxylic acids is 1. The van der Waals surface area contributed by atoms with Crippen LogP contribution in [0.5, 0.6) is 0 Å². The third-order valence-electron chi connectivity index (χ3n) is 4.53. The number of rotatable bonds is 7. The van der Waals surface area contributed by atoms with Gasteiger partial charge in [0.05, 0.1) is 6.42 Å². The molecule has 1 aromatic heterocycles. The van der Waals surface area contributed by atoms with Crippen LogP contribution in [-0.2, 0) is 19.2 Å². The predicted octanol–water partition coefficient (Wildman–Crippen LogP) is 0.472. The van der Waals surface area contributed by atoms with Crippen LogP contribution in [0.25, 0.3) is 0 Å². The van der Waals surface area contributed by atoms with Gasteiger partial charge >= 0.3 is 5.97 Å². The molecule has 2 aliphatic rings. The number of carboxylic acids is 1. The van der Waals surface area contributed by atoms with Crippen molar-refractivity contribution in [2.45, 2.75) is 18.3 Å². The fourth-order valence-corrected chi connectivity index (χ4v) is 4.97. The Morgan fingerprint density at radius 1 is 1.61 bits per heavy atom. The summed E-state index contributed by atoms with van der Waals surface area (Å²) in [5.74, 6) is -1.74. The smallest absolute Gasteiger partial charge is 0.316 e. The number of nitrogens with two attached hydrogens (primary N) is 1. The topological polar surface area (TPSA) is 147 Å². The molecular formula is C16H19N5O5S2. The Morgan fingerprint density at radius 3 is 2.89 bits per heavy atom. The summed E-state index contributed by atoms with van der Waals surface area (Å²) in [7, 11) is 0. The van der Waals surface area contributed by atoms with Crippen molar-refractivity contribution in [1.29, 1.82) is 0 Å². The number of thioether (sulfide) groups is 1. The standard InChI is InChI=1S/C16H19N5O5S2/c1-3-15(13(24)25)7-21-10(22)5-16(21,28-8-15)19-12(23)11(20-26-4-2)9-6-27-14(17)18-9/h3,6H,1,4-5,7-8H2,2H3,(H2,17,18)(H,19,23)(H,24,25)/t15?,16-/m0/s1. The van der Waals surface area contributed by atoms with E-state index in [1.54, 1.807) is 12.3 Å². The van der Waals surface area contributed by atoms with E-state index in [9.17, 15) is 19.5 Å². The van der Waals surface area contributed by atoms with Gasteiger partial charge in [-0.05, 0) is 6.92 Å². The van der Waals surface area contributed by atoms with Crippen molar-refractivity contribution in [3.05, 3.63) is 23.7 Å². The molecule has 1 unspecified atom stereocenters. The lowest BCUT2D eigenvalue weighted by molar-refractivity contribution is -0.160. The first-order valence-electron chi connectivity index (χ1n) is 8.32. The molecule has 0 spiro atoms. The Morgan fingerprint density at radius 2 is 2.36 bits per heavy atom. The molecule has 3 heterocycles. The highest BCUT2D eigenvalue weighted by atomic mass is 32.2. The van der Waals surface area contributed by atoms with Crippen molar-refractivity contribution in [2.75, 3.05) is 24.6 Å². The number of nitrogens with one attached hydrogen (secondary N) is 1. The number of hydrogen-bond acceptors (Lipinski definition) is 9. The second-order valence-corrected chi connectivity index (χ2v) is 8.42. The van der Waals surface area contributed by atoms with Gasteiger partial charge in [-0.15, -0.1) is 29.7 Å². The molecular weight excluding hydrogens is 406 g/mol. The zero-order chi connectivity index (χ0) is 20.5. The van der Waals surface area contributed by atoms with E-state index in [0.29, 0.717) is 0 Å². The van der Waals surface area contributed by atoms with Gasteiger partial charge in [0.2, 0.25) is 5.91 Å². The number of nitrogens with zero attached hydrogens (tertiary/aromatic N) is 3. The number of oxime groups is 1. The molecule has 2 saturated heterocycles. The minimum absolute atomic E-state index is 0.0529. The molecule has 12 heteroatoms. The maximum atomic E-state index is 12.9. The molecule has 3 rings (SSSR count). The maximum absolute atomic E-state index is 12.9. The van der Waals surface area contributed by atoms with Crippen LogP contribution < -0.4 is 11.1 Å². The van der Waals surface area contributed by atoms with Gasteiger partial charge in [-0.2, -0.15) is 0 Å². The second kappa shape index (κ2) is 7.43. The van der Waals surface area contributed by atoms with Crippen LogP contribution in [0.15, 0.2) is 23.2 Å². The van der Waals surface area contributed by atoms with E-state index in [1.807, 2.05) is 0 Å². The average molecular weight is 425 g/mol. The van der Waals surface area contributed by atoms with Gasteiger partial charge in [-0.25, -0.2) is 4.98 Å². The molecule has 2 atom stereocenters.